The topological polar surface area (TPSA) is 24.9 Å². The summed E-state index contributed by atoms with van der Waals surface area (Å²) in [4.78, 5) is 5.89. The highest BCUT2D eigenvalue weighted by molar-refractivity contribution is 7.98. The quantitative estimate of drug-likeness (QED) is 0.790. The summed E-state index contributed by atoms with van der Waals surface area (Å²) < 4.78 is 0. The van der Waals surface area contributed by atoms with Gasteiger partial charge in [0.25, 0.3) is 0 Å². The second kappa shape index (κ2) is 6.71. The smallest absolute Gasteiger partial charge is 0.126 e. The largest absolute Gasteiger partial charge is 0.370 e. The third-order valence-corrected chi connectivity index (χ3v) is 5.07. The molecule has 1 aromatic heterocycles. The summed E-state index contributed by atoms with van der Waals surface area (Å²) in [6.07, 6.45) is 3.75. The van der Waals surface area contributed by atoms with Gasteiger partial charge in [0.1, 0.15) is 5.82 Å². The van der Waals surface area contributed by atoms with E-state index in [4.69, 9.17) is 11.6 Å². The molecule has 0 atom stereocenters. The number of pyridine rings is 1. The molecule has 0 saturated heterocycles. The molecule has 4 heteroatoms. The number of hydrogen-bond donors (Lipinski definition) is 1. The molecule has 1 heterocycles. The predicted molar refractivity (Wildman–Crippen MR) is 91.4 cm³/mol. The van der Waals surface area contributed by atoms with Crippen molar-refractivity contribution in [1.82, 2.24) is 4.98 Å². The van der Waals surface area contributed by atoms with Gasteiger partial charge in [0.2, 0.25) is 0 Å². The lowest BCUT2D eigenvalue weighted by Crippen LogP contribution is -2.01. The van der Waals surface area contributed by atoms with Crippen molar-refractivity contribution in [2.45, 2.75) is 36.8 Å². The van der Waals surface area contributed by atoms with Gasteiger partial charge in [0.05, 0.1) is 10.7 Å². The minimum atomic E-state index is 0.741. The third-order valence-electron chi connectivity index (χ3n) is 3.72. The number of hydrogen-bond acceptors (Lipinski definition) is 3. The SMILES string of the molecule is CCNc1ccc(Cl)c(CSc2ccc3c(c2)CCC3)n1. The zero-order valence-electron chi connectivity index (χ0n) is 12.2. The Morgan fingerprint density at radius 3 is 2.90 bits per heavy atom. The summed E-state index contributed by atoms with van der Waals surface area (Å²) in [5.41, 5.74) is 3.98. The normalized spacial score (nSPS) is 13.2. The number of thioether (sulfide) groups is 1. The van der Waals surface area contributed by atoms with Gasteiger partial charge >= 0.3 is 0 Å². The zero-order chi connectivity index (χ0) is 14.7. The molecule has 3 rings (SSSR count). The highest BCUT2D eigenvalue weighted by atomic mass is 35.5. The fraction of sp³-hybridized carbons (Fsp3) is 0.353. The Labute approximate surface area is 135 Å². The first-order chi connectivity index (χ1) is 10.3. The predicted octanol–water partition coefficient (Wildman–Crippen LogP) is 4.95. The molecule has 1 aliphatic rings. The van der Waals surface area contributed by atoms with Crippen LogP contribution in [-0.4, -0.2) is 11.5 Å². The maximum absolute atomic E-state index is 6.25. The van der Waals surface area contributed by atoms with E-state index in [0.717, 1.165) is 28.8 Å². The Hall–Kier alpha value is -1.19. The van der Waals surface area contributed by atoms with Crippen molar-refractivity contribution in [3.8, 4) is 0 Å². The second-order valence-corrected chi connectivity index (χ2v) is 6.68. The van der Waals surface area contributed by atoms with E-state index in [9.17, 15) is 0 Å². The van der Waals surface area contributed by atoms with Gasteiger partial charge in [-0.05, 0) is 61.6 Å². The molecule has 0 saturated carbocycles. The van der Waals surface area contributed by atoms with Crippen LogP contribution in [-0.2, 0) is 18.6 Å². The van der Waals surface area contributed by atoms with Gasteiger partial charge in [0.15, 0.2) is 0 Å². The van der Waals surface area contributed by atoms with Crippen LogP contribution in [0.3, 0.4) is 0 Å². The van der Waals surface area contributed by atoms with Crippen LogP contribution in [0.2, 0.25) is 5.02 Å². The van der Waals surface area contributed by atoms with Gasteiger partial charge < -0.3 is 5.32 Å². The molecule has 0 aliphatic heterocycles. The average Bonchev–Trinajstić information content (AvgIpc) is 2.95. The van der Waals surface area contributed by atoms with Crippen LogP contribution in [0.25, 0.3) is 0 Å². The summed E-state index contributed by atoms with van der Waals surface area (Å²) in [5.74, 6) is 1.70. The molecule has 0 amide bonds. The molecule has 1 aromatic carbocycles. The van der Waals surface area contributed by atoms with E-state index in [0.29, 0.717) is 0 Å². The molecule has 0 bridgehead atoms. The van der Waals surface area contributed by atoms with Crippen LogP contribution >= 0.6 is 23.4 Å². The number of fused-ring (bicyclic) bond motifs is 1. The molecule has 0 spiro atoms. The van der Waals surface area contributed by atoms with Crippen LogP contribution < -0.4 is 5.32 Å². The van der Waals surface area contributed by atoms with Crippen molar-refractivity contribution >= 4 is 29.2 Å². The van der Waals surface area contributed by atoms with E-state index in [1.54, 1.807) is 11.8 Å². The van der Waals surface area contributed by atoms with Gasteiger partial charge in [-0.2, -0.15) is 0 Å². The van der Waals surface area contributed by atoms with Gasteiger partial charge in [-0.1, -0.05) is 17.7 Å². The van der Waals surface area contributed by atoms with Crippen LogP contribution in [0.5, 0.6) is 0 Å². The van der Waals surface area contributed by atoms with Crippen LogP contribution in [0.1, 0.15) is 30.2 Å². The molecule has 21 heavy (non-hydrogen) atoms. The van der Waals surface area contributed by atoms with E-state index in [2.05, 4.69) is 35.4 Å². The molecule has 0 radical (unpaired) electrons. The summed E-state index contributed by atoms with van der Waals surface area (Å²) in [5, 5.41) is 3.97. The monoisotopic (exact) mass is 318 g/mol. The Balaban J connectivity index is 1.71. The Bertz CT molecular complexity index is 643. The van der Waals surface area contributed by atoms with Crippen LogP contribution in [0.15, 0.2) is 35.2 Å². The van der Waals surface area contributed by atoms with Crippen LogP contribution in [0.4, 0.5) is 5.82 Å². The number of halogens is 1. The number of nitrogens with zero attached hydrogens (tertiary/aromatic N) is 1. The number of aryl methyl sites for hydroxylation is 2. The van der Waals surface area contributed by atoms with Crippen molar-refractivity contribution in [3.63, 3.8) is 0 Å². The number of anilines is 1. The Kier molecular flexibility index (Phi) is 4.71. The fourth-order valence-corrected chi connectivity index (χ4v) is 3.82. The molecule has 1 N–H and O–H groups in total. The van der Waals surface area contributed by atoms with Gasteiger partial charge in [-0.15, -0.1) is 11.8 Å². The average molecular weight is 319 g/mol. The molecule has 0 unspecified atom stereocenters. The highest BCUT2D eigenvalue weighted by Gasteiger charge is 2.11. The van der Waals surface area contributed by atoms with Gasteiger partial charge in [-0.25, -0.2) is 4.98 Å². The number of aromatic nitrogens is 1. The lowest BCUT2D eigenvalue weighted by Gasteiger charge is -2.08. The first-order valence-electron chi connectivity index (χ1n) is 7.40. The first-order valence-corrected chi connectivity index (χ1v) is 8.76. The highest BCUT2D eigenvalue weighted by Crippen LogP contribution is 2.30. The third kappa shape index (κ3) is 3.53. The molecular formula is C17H19ClN2S. The van der Waals surface area contributed by atoms with Crippen LogP contribution in [0, 0.1) is 0 Å². The molecule has 2 nitrogen and oxygen atoms in total. The van der Waals surface area contributed by atoms with Gasteiger partial charge in [0, 0.05) is 17.2 Å². The fourth-order valence-electron chi connectivity index (χ4n) is 2.65. The maximum atomic E-state index is 6.25. The standard InChI is InChI=1S/C17H19ClN2S/c1-2-19-17-9-8-15(18)16(20-17)11-21-14-7-6-12-4-3-5-13(12)10-14/h6-10H,2-5,11H2,1H3,(H,19,20). The minimum Gasteiger partial charge on any atom is -0.370 e. The molecule has 0 fully saturated rings. The number of nitrogens with one attached hydrogen (secondary N) is 1. The van der Waals surface area contributed by atoms with Crippen molar-refractivity contribution < 1.29 is 0 Å². The van der Waals surface area contributed by atoms with E-state index >= 15 is 0 Å². The van der Waals surface area contributed by atoms with E-state index in [1.165, 1.54) is 35.3 Å². The second-order valence-electron chi connectivity index (χ2n) is 5.23. The summed E-state index contributed by atoms with van der Waals surface area (Å²) in [7, 11) is 0. The van der Waals surface area contributed by atoms with Crippen molar-refractivity contribution in [3.05, 3.63) is 52.2 Å². The molecular weight excluding hydrogens is 300 g/mol. The Morgan fingerprint density at radius 1 is 1.19 bits per heavy atom. The number of benzene rings is 1. The van der Waals surface area contributed by atoms with Gasteiger partial charge in [-0.3, -0.25) is 0 Å². The lowest BCUT2D eigenvalue weighted by atomic mass is 10.1. The van der Waals surface area contributed by atoms with Crippen molar-refractivity contribution in [1.29, 1.82) is 0 Å². The van der Waals surface area contributed by atoms with Crippen molar-refractivity contribution in [2.24, 2.45) is 0 Å². The molecule has 1 aliphatic carbocycles. The maximum Gasteiger partial charge on any atom is 0.126 e. The molecule has 110 valence electrons. The van der Waals surface area contributed by atoms with Crippen molar-refractivity contribution in [2.75, 3.05) is 11.9 Å². The lowest BCUT2D eigenvalue weighted by molar-refractivity contribution is 0.911. The molecule has 2 aromatic rings. The van der Waals surface area contributed by atoms with E-state index in [-0.39, 0.29) is 0 Å². The summed E-state index contributed by atoms with van der Waals surface area (Å²) in [6.45, 7) is 2.93. The Morgan fingerprint density at radius 2 is 2.05 bits per heavy atom. The minimum absolute atomic E-state index is 0.741. The summed E-state index contributed by atoms with van der Waals surface area (Å²) in [6, 6.07) is 10.7. The van der Waals surface area contributed by atoms with E-state index in [1.807, 2.05) is 12.1 Å². The number of rotatable bonds is 5. The van der Waals surface area contributed by atoms with E-state index < -0.39 is 0 Å². The summed E-state index contributed by atoms with van der Waals surface area (Å²) >= 11 is 8.06. The zero-order valence-corrected chi connectivity index (χ0v) is 13.7. The first kappa shape index (κ1) is 14.7.